The molecule has 0 bridgehead atoms. The van der Waals surface area contributed by atoms with Crippen molar-refractivity contribution >= 4 is 5.96 Å². The highest BCUT2D eigenvalue weighted by Gasteiger charge is 2.48. The number of rotatable bonds is 2. The van der Waals surface area contributed by atoms with Crippen LogP contribution in [0.4, 0.5) is 0 Å². The third-order valence-corrected chi connectivity index (χ3v) is 5.81. The van der Waals surface area contributed by atoms with E-state index in [4.69, 9.17) is 15.5 Å². The summed E-state index contributed by atoms with van der Waals surface area (Å²) < 4.78 is 5.69. The van der Waals surface area contributed by atoms with Crippen LogP contribution in [-0.4, -0.2) is 18.6 Å². The molecular formula is C18H25N3O. The fraction of sp³-hybridized carbons (Fsp3) is 0.611. The van der Waals surface area contributed by atoms with Crippen LogP contribution in [0.3, 0.4) is 0 Å². The topological polar surface area (TPSA) is 59.6 Å². The molecule has 1 aromatic carbocycles. The first-order valence-electron chi connectivity index (χ1n) is 8.58. The molecule has 4 nitrogen and oxygen atoms in total. The average molecular weight is 299 g/mol. The van der Waals surface area contributed by atoms with E-state index in [1.54, 1.807) is 0 Å². The van der Waals surface area contributed by atoms with Crippen LogP contribution in [0.5, 0.6) is 5.75 Å². The second kappa shape index (κ2) is 5.49. The molecule has 1 heterocycles. The summed E-state index contributed by atoms with van der Waals surface area (Å²) in [5.74, 6) is 1.56. The Kier molecular flexibility index (Phi) is 3.47. The van der Waals surface area contributed by atoms with Gasteiger partial charge < -0.3 is 15.8 Å². The van der Waals surface area contributed by atoms with Gasteiger partial charge in [0.15, 0.2) is 5.96 Å². The zero-order valence-corrected chi connectivity index (χ0v) is 13.1. The second-order valence-corrected chi connectivity index (χ2v) is 7.01. The Balaban J connectivity index is 1.47. The number of hydrogen-bond acceptors (Lipinski definition) is 2. The number of nitrogens with zero attached hydrogens (tertiary/aromatic N) is 1. The third kappa shape index (κ3) is 2.34. The molecule has 4 rings (SSSR count). The standard InChI is InChI=1S/C18H25N3O/c19-17(21-16-7-11-18(16)9-3-4-10-18)20-14-8-12-22-15-6-2-1-5-13(14)15/h1-2,5-6,14,16H,3-4,7-12H2,(H3,19,20,21). The predicted octanol–water partition coefficient (Wildman–Crippen LogP) is 3.14. The lowest BCUT2D eigenvalue weighted by Gasteiger charge is -2.48. The van der Waals surface area contributed by atoms with Gasteiger partial charge >= 0.3 is 0 Å². The lowest BCUT2D eigenvalue weighted by Crippen LogP contribution is -2.55. The van der Waals surface area contributed by atoms with E-state index in [9.17, 15) is 0 Å². The lowest BCUT2D eigenvalue weighted by molar-refractivity contribution is 0.0871. The summed E-state index contributed by atoms with van der Waals surface area (Å²) in [5.41, 5.74) is 7.90. The van der Waals surface area contributed by atoms with Crippen molar-refractivity contribution in [1.82, 2.24) is 5.32 Å². The third-order valence-electron chi connectivity index (χ3n) is 5.81. The molecule has 0 aromatic heterocycles. The molecule has 2 aliphatic carbocycles. The van der Waals surface area contributed by atoms with E-state index >= 15 is 0 Å². The van der Waals surface area contributed by atoms with Crippen molar-refractivity contribution in [3.63, 3.8) is 0 Å². The highest BCUT2D eigenvalue weighted by Crippen LogP contribution is 2.53. The normalized spacial score (nSPS) is 29.5. The molecule has 1 spiro atoms. The van der Waals surface area contributed by atoms with Gasteiger partial charge in [-0.3, -0.25) is 0 Å². The number of nitrogens with two attached hydrogens (primary N) is 1. The maximum Gasteiger partial charge on any atom is 0.189 e. The van der Waals surface area contributed by atoms with E-state index < -0.39 is 0 Å². The Bertz CT molecular complexity index is 577. The molecule has 0 amide bonds. The minimum atomic E-state index is 0.122. The molecule has 2 unspecified atom stereocenters. The summed E-state index contributed by atoms with van der Waals surface area (Å²) in [6.07, 6.45) is 8.97. The zero-order chi connectivity index (χ0) is 15.0. The monoisotopic (exact) mass is 299 g/mol. The molecule has 2 atom stereocenters. The van der Waals surface area contributed by atoms with E-state index in [2.05, 4.69) is 11.4 Å². The molecule has 1 aromatic rings. The van der Waals surface area contributed by atoms with E-state index in [0.29, 0.717) is 24.0 Å². The molecule has 0 saturated heterocycles. The SMILES string of the molecule is NC(=NC1CCOc2ccccc21)NC1CCC12CCCC2. The van der Waals surface area contributed by atoms with Crippen molar-refractivity contribution in [2.24, 2.45) is 16.1 Å². The van der Waals surface area contributed by atoms with Gasteiger partial charge in [-0.1, -0.05) is 31.0 Å². The van der Waals surface area contributed by atoms with Crippen molar-refractivity contribution in [3.05, 3.63) is 29.8 Å². The van der Waals surface area contributed by atoms with Crippen molar-refractivity contribution in [2.75, 3.05) is 6.61 Å². The van der Waals surface area contributed by atoms with Crippen LogP contribution in [0.1, 0.15) is 56.6 Å². The Morgan fingerprint density at radius 2 is 2.00 bits per heavy atom. The fourth-order valence-corrected chi connectivity index (χ4v) is 4.44. The first kappa shape index (κ1) is 13.9. The quantitative estimate of drug-likeness (QED) is 0.651. The molecule has 3 N–H and O–H groups in total. The molecule has 0 radical (unpaired) electrons. The number of aliphatic imine (C=N–C) groups is 1. The Morgan fingerprint density at radius 3 is 2.77 bits per heavy atom. The molecular weight excluding hydrogens is 274 g/mol. The van der Waals surface area contributed by atoms with Gasteiger partial charge in [-0.15, -0.1) is 0 Å². The summed E-state index contributed by atoms with van der Waals surface area (Å²) in [6.45, 7) is 0.714. The fourth-order valence-electron chi connectivity index (χ4n) is 4.44. The first-order chi connectivity index (χ1) is 10.8. The van der Waals surface area contributed by atoms with Gasteiger partial charge in [0.25, 0.3) is 0 Å². The number of guanidine groups is 1. The molecule has 3 aliphatic rings. The van der Waals surface area contributed by atoms with Gasteiger partial charge in [0.05, 0.1) is 12.6 Å². The highest BCUT2D eigenvalue weighted by molar-refractivity contribution is 5.78. The smallest absolute Gasteiger partial charge is 0.189 e. The van der Waals surface area contributed by atoms with Gasteiger partial charge in [-0.2, -0.15) is 0 Å². The maximum atomic E-state index is 6.22. The van der Waals surface area contributed by atoms with Crippen LogP contribution < -0.4 is 15.8 Å². The summed E-state index contributed by atoms with van der Waals surface area (Å²) in [5, 5.41) is 3.51. The highest BCUT2D eigenvalue weighted by atomic mass is 16.5. The molecule has 4 heteroatoms. The van der Waals surface area contributed by atoms with Crippen molar-refractivity contribution in [3.8, 4) is 5.75 Å². The minimum Gasteiger partial charge on any atom is -0.493 e. The summed E-state index contributed by atoms with van der Waals surface area (Å²) in [4.78, 5) is 4.76. The Labute approximate surface area is 132 Å². The zero-order valence-electron chi connectivity index (χ0n) is 13.1. The maximum absolute atomic E-state index is 6.22. The van der Waals surface area contributed by atoms with Crippen LogP contribution >= 0.6 is 0 Å². The van der Waals surface area contributed by atoms with Crippen LogP contribution in [0.15, 0.2) is 29.3 Å². The van der Waals surface area contributed by atoms with Crippen molar-refractivity contribution in [2.45, 2.75) is 57.0 Å². The lowest BCUT2D eigenvalue weighted by atomic mass is 9.63. The first-order valence-corrected chi connectivity index (χ1v) is 8.58. The van der Waals surface area contributed by atoms with E-state index in [1.807, 2.05) is 18.2 Å². The molecule has 2 saturated carbocycles. The second-order valence-electron chi connectivity index (χ2n) is 7.01. The number of nitrogens with one attached hydrogen (secondary N) is 1. The number of fused-ring (bicyclic) bond motifs is 1. The Hall–Kier alpha value is -1.71. The Morgan fingerprint density at radius 1 is 1.18 bits per heavy atom. The predicted molar refractivity (Wildman–Crippen MR) is 88.0 cm³/mol. The number of hydrogen-bond donors (Lipinski definition) is 2. The van der Waals surface area contributed by atoms with Crippen molar-refractivity contribution in [1.29, 1.82) is 0 Å². The van der Waals surface area contributed by atoms with Gasteiger partial charge in [-0.05, 0) is 37.2 Å². The number of ether oxygens (including phenoxy) is 1. The van der Waals surface area contributed by atoms with Crippen LogP contribution in [0.25, 0.3) is 0 Å². The van der Waals surface area contributed by atoms with Crippen LogP contribution in [-0.2, 0) is 0 Å². The molecule has 118 valence electrons. The number of para-hydroxylation sites is 1. The van der Waals surface area contributed by atoms with E-state index in [1.165, 1.54) is 38.5 Å². The van der Waals surface area contributed by atoms with Gasteiger partial charge in [0.1, 0.15) is 5.75 Å². The molecule has 22 heavy (non-hydrogen) atoms. The molecule has 1 aliphatic heterocycles. The van der Waals surface area contributed by atoms with Crippen molar-refractivity contribution < 1.29 is 4.74 Å². The van der Waals surface area contributed by atoms with Crippen LogP contribution in [0, 0.1) is 5.41 Å². The van der Waals surface area contributed by atoms with E-state index in [0.717, 1.165) is 17.7 Å². The molecule has 2 fully saturated rings. The summed E-state index contributed by atoms with van der Waals surface area (Å²) in [7, 11) is 0. The average Bonchev–Trinajstić information content (AvgIpc) is 3.04. The van der Waals surface area contributed by atoms with Gasteiger partial charge in [-0.25, -0.2) is 4.99 Å². The van der Waals surface area contributed by atoms with Gasteiger partial charge in [0.2, 0.25) is 0 Å². The van der Waals surface area contributed by atoms with Gasteiger partial charge in [0, 0.05) is 18.0 Å². The van der Waals surface area contributed by atoms with E-state index in [-0.39, 0.29) is 6.04 Å². The van der Waals surface area contributed by atoms with Crippen LogP contribution in [0.2, 0.25) is 0 Å². The minimum absolute atomic E-state index is 0.122. The summed E-state index contributed by atoms with van der Waals surface area (Å²) in [6, 6.07) is 8.81. The largest absolute Gasteiger partial charge is 0.493 e. The number of benzene rings is 1. The summed E-state index contributed by atoms with van der Waals surface area (Å²) >= 11 is 0.